The zero-order valence-corrected chi connectivity index (χ0v) is 14.0. The average Bonchev–Trinajstić information content (AvgIpc) is 2.95. The largest absolute Gasteiger partial charge is 0.317 e. The summed E-state index contributed by atoms with van der Waals surface area (Å²) in [7, 11) is 0. The van der Waals surface area contributed by atoms with Gasteiger partial charge in [-0.2, -0.15) is 0 Å². The first-order valence-electron chi connectivity index (χ1n) is 8.17. The summed E-state index contributed by atoms with van der Waals surface area (Å²) in [5.74, 6) is 1.71. The minimum atomic E-state index is 0.521. The highest BCUT2D eigenvalue weighted by molar-refractivity contribution is 6.30. The van der Waals surface area contributed by atoms with Crippen molar-refractivity contribution in [1.82, 2.24) is 14.7 Å². The lowest BCUT2D eigenvalue weighted by atomic mass is 9.97. The highest BCUT2D eigenvalue weighted by atomic mass is 35.5. The molecule has 1 fully saturated rings. The highest BCUT2D eigenvalue weighted by Crippen LogP contribution is 2.32. The summed E-state index contributed by atoms with van der Waals surface area (Å²) < 4.78 is 2.27. The number of imidazole rings is 1. The van der Waals surface area contributed by atoms with Gasteiger partial charge in [-0.3, -0.25) is 0 Å². The topological polar surface area (TPSA) is 29.3 Å². The molecular formula is C19H20ClN3. The molecule has 3 nitrogen and oxygen atoms in total. The minimum Gasteiger partial charge on any atom is -0.317 e. The second-order valence-electron chi connectivity index (χ2n) is 6.31. The molecule has 4 rings (SSSR count). The fourth-order valence-corrected chi connectivity index (χ4v) is 3.53. The summed E-state index contributed by atoms with van der Waals surface area (Å²) in [4.78, 5) is 5.05. The third kappa shape index (κ3) is 2.75. The van der Waals surface area contributed by atoms with Crippen LogP contribution in [0, 0.1) is 6.92 Å². The second-order valence-corrected chi connectivity index (χ2v) is 6.75. The van der Waals surface area contributed by atoms with E-state index in [0.29, 0.717) is 5.92 Å². The van der Waals surface area contributed by atoms with E-state index in [2.05, 4.69) is 47.1 Å². The molecule has 0 unspecified atom stereocenters. The predicted molar refractivity (Wildman–Crippen MR) is 95.2 cm³/mol. The third-order valence-corrected chi connectivity index (χ3v) is 4.90. The number of nitrogens with zero attached hydrogens (tertiary/aromatic N) is 2. The summed E-state index contributed by atoms with van der Waals surface area (Å²) >= 11 is 6.04. The van der Waals surface area contributed by atoms with Crippen molar-refractivity contribution >= 4 is 17.1 Å². The molecule has 0 amide bonds. The van der Waals surface area contributed by atoms with Crippen LogP contribution in [0.25, 0.3) is 16.8 Å². The molecule has 0 radical (unpaired) electrons. The molecule has 0 bridgehead atoms. The van der Waals surface area contributed by atoms with E-state index in [0.717, 1.165) is 42.2 Å². The molecule has 3 aromatic rings. The number of hydrogen-bond acceptors (Lipinski definition) is 2. The van der Waals surface area contributed by atoms with E-state index in [1.165, 1.54) is 16.9 Å². The minimum absolute atomic E-state index is 0.521. The third-order valence-electron chi connectivity index (χ3n) is 4.65. The molecule has 0 aliphatic carbocycles. The van der Waals surface area contributed by atoms with E-state index in [4.69, 9.17) is 16.6 Å². The Labute approximate surface area is 141 Å². The van der Waals surface area contributed by atoms with Crippen molar-refractivity contribution in [2.45, 2.75) is 25.7 Å². The van der Waals surface area contributed by atoms with Crippen LogP contribution in [-0.2, 0) is 0 Å². The number of rotatable bonds is 2. The number of benzene rings is 1. The summed E-state index contributed by atoms with van der Waals surface area (Å²) in [5.41, 5.74) is 4.61. The van der Waals surface area contributed by atoms with Gasteiger partial charge in [0.1, 0.15) is 5.82 Å². The zero-order chi connectivity index (χ0) is 15.8. The maximum absolute atomic E-state index is 6.04. The highest BCUT2D eigenvalue weighted by Gasteiger charge is 2.22. The molecule has 2 aromatic heterocycles. The van der Waals surface area contributed by atoms with Gasteiger partial charge < -0.3 is 9.72 Å². The maximum Gasteiger partial charge on any atom is 0.117 e. The SMILES string of the molecule is Cc1ccn2c(C3CCNCC3)nc(-c3ccc(Cl)cc3)c2c1. The van der Waals surface area contributed by atoms with Crippen LogP contribution in [0.5, 0.6) is 0 Å². The predicted octanol–water partition coefficient (Wildman–Crippen LogP) is 4.43. The van der Waals surface area contributed by atoms with Gasteiger partial charge in [0.25, 0.3) is 0 Å². The number of aryl methyl sites for hydroxylation is 1. The van der Waals surface area contributed by atoms with E-state index in [1.807, 2.05) is 12.1 Å². The van der Waals surface area contributed by atoms with Crippen molar-refractivity contribution in [1.29, 1.82) is 0 Å². The van der Waals surface area contributed by atoms with Gasteiger partial charge in [-0.15, -0.1) is 0 Å². The number of nitrogens with one attached hydrogen (secondary N) is 1. The molecule has 0 saturated carbocycles. The van der Waals surface area contributed by atoms with Gasteiger partial charge in [-0.25, -0.2) is 4.98 Å². The van der Waals surface area contributed by atoms with Crippen LogP contribution in [0.1, 0.15) is 30.1 Å². The lowest BCUT2D eigenvalue weighted by Crippen LogP contribution is -2.27. The van der Waals surface area contributed by atoms with E-state index < -0.39 is 0 Å². The molecular weight excluding hydrogens is 306 g/mol. The number of hydrogen-bond donors (Lipinski definition) is 1. The summed E-state index contributed by atoms with van der Waals surface area (Å²) in [5, 5.41) is 4.19. The Bertz CT molecular complexity index is 830. The number of aromatic nitrogens is 2. The van der Waals surface area contributed by atoms with Gasteiger partial charge >= 0.3 is 0 Å². The van der Waals surface area contributed by atoms with Gasteiger partial charge in [0, 0.05) is 22.7 Å². The first-order valence-corrected chi connectivity index (χ1v) is 8.55. The monoisotopic (exact) mass is 325 g/mol. The van der Waals surface area contributed by atoms with E-state index >= 15 is 0 Å². The van der Waals surface area contributed by atoms with Crippen LogP contribution in [0.3, 0.4) is 0 Å². The Morgan fingerprint density at radius 1 is 1.13 bits per heavy atom. The number of piperidine rings is 1. The fourth-order valence-electron chi connectivity index (χ4n) is 3.40. The molecule has 23 heavy (non-hydrogen) atoms. The zero-order valence-electron chi connectivity index (χ0n) is 13.2. The lowest BCUT2D eigenvalue weighted by Gasteiger charge is -2.21. The van der Waals surface area contributed by atoms with Crippen LogP contribution < -0.4 is 5.32 Å². The van der Waals surface area contributed by atoms with Crippen LogP contribution in [0.15, 0.2) is 42.6 Å². The first kappa shape index (κ1) is 14.7. The van der Waals surface area contributed by atoms with E-state index in [-0.39, 0.29) is 0 Å². The second kappa shape index (κ2) is 5.99. The van der Waals surface area contributed by atoms with Gasteiger partial charge in [0.2, 0.25) is 0 Å². The average molecular weight is 326 g/mol. The molecule has 1 N–H and O–H groups in total. The van der Waals surface area contributed by atoms with Crippen LogP contribution in [0.2, 0.25) is 5.02 Å². The Morgan fingerprint density at radius 2 is 1.87 bits per heavy atom. The normalized spacial score (nSPS) is 16.1. The van der Waals surface area contributed by atoms with Gasteiger partial charge in [-0.1, -0.05) is 23.7 Å². The fraction of sp³-hybridized carbons (Fsp3) is 0.316. The Kier molecular flexibility index (Phi) is 3.83. The molecule has 1 saturated heterocycles. The van der Waals surface area contributed by atoms with Gasteiger partial charge in [0.05, 0.1) is 11.2 Å². The van der Waals surface area contributed by atoms with E-state index in [9.17, 15) is 0 Å². The van der Waals surface area contributed by atoms with Crippen molar-refractivity contribution < 1.29 is 0 Å². The van der Waals surface area contributed by atoms with Crippen molar-refractivity contribution in [2.24, 2.45) is 0 Å². The molecule has 4 heteroatoms. The number of fused-ring (bicyclic) bond motifs is 1. The molecule has 3 heterocycles. The lowest BCUT2D eigenvalue weighted by molar-refractivity contribution is 0.444. The Balaban J connectivity index is 1.89. The molecule has 1 aliphatic heterocycles. The first-order chi connectivity index (χ1) is 11.2. The van der Waals surface area contributed by atoms with Crippen LogP contribution in [-0.4, -0.2) is 22.5 Å². The van der Waals surface area contributed by atoms with E-state index in [1.54, 1.807) is 0 Å². The standard InChI is InChI=1S/C19H20ClN3/c1-13-8-11-23-17(12-13)18(14-2-4-16(20)5-3-14)22-19(23)15-6-9-21-10-7-15/h2-5,8,11-12,15,21H,6-7,9-10H2,1H3. The van der Waals surface area contributed by atoms with Crippen molar-refractivity contribution in [3.05, 3.63) is 59.0 Å². The smallest absolute Gasteiger partial charge is 0.117 e. The van der Waals surface area contributed by atoms with Crippen LogP contribution >= 0.6 is 11.6 Å². The summed E-state index contributed by atoms with van der Waals surface area (Å²) in [6.45, 7) is 4.27. The molecule has 0 spiro atoms. The van der Waals surface area contributed by atoms with Crippen molar-refractivity contribution in [3.63, 3.8) is 0 Å². The molecule has 1 aliphatic rings. The summed E-state index contributed by atoms with van der Waals surface area (Å²) in [6.07, 6.45) is 4.45. The van der Waals surface area contributed by atoms with Crippen molar-refractivity contribution in [2.75, 3.05) is 13.1 Å². The molecule has 0 atom stereocenters. The quantitative estimate of drug-likeness (QED) is 0.755. The van der Waals surface area contributed by atoms with Crippen molar-refractivity contribution in [3.8, 4) is 11.3 Å². The summed E-state index contributed by atoms with van der Waals surface area (Å²) in [6, 6.07) is 12.4. The number of pyridine rings is 1. The number of halogens is 1. The Morgan fingerprint density at radius 3 is 2.61 bits per heavy atom. The van der Waals surface area contributed by atoms with Crippen LogP contribution in [0.4, 0.5) is 0 Å². The molecule has 1 aromatic carbocycles. The maximum atomic E-state index is 6.04. The van der Waals surface area contributed by atoms with Gasteiger partial charge in [0.15, 0.2) is 0 Å². The Hall–Kier alpha value is -1.84. The van der Waals surface area contributed by atoms with Gasteiger partial charge in [-0.05, 0) is 62.7 Å². The molecule has 118 valence electrons.